The van der Waals surface area contributed by atoms with Crippen LogP contribution in [0, 0.1) is 0 Å². The summed E-state index contributed by atoms with van der Waals surface area (Å²) in [7, 11) is 0. The number of phenolic OH excluding ortho intramolecular Hbond substituents is 1. The first-order valence-corrected chi connectivity index (χ1v) is 6.84. The molecular formula is C15H14ClN3O. The van der Waals surface area contributed by atoms with Crippen LogP contribution in [0.3, 0.4) is 0 Å². The number of rotatable bonds is 3. The van der Waals surface area contributed by atoms with Gasteiger partial charge in [0, 0.05) is 17.6 Å². The summed E-state index contributed by atoms with van der Waals surface area (Å²) in [5.41, 5.74) is 2.68. The van der Waals surface area contributed by atoms with Crippen molar-refractivity contribution in [3.63, 3.8) is 0 Å². The molecule has 0 unspecified atom stereocenters. The molecule has 0 spiro atoms. The van der Waals surface area contributed by atoms with Crippen LogP contribution in [0.25, 0.3) is 11.2 Å². The van der Waals surface area contributed by atoms with Crippen molar-refractivity contribution in [3.05, 3.63) is 52.9 Å². The maximum absolute atomic E-state index is 9.42. The fraction of sp³-hybridized carbons (Fsp3) is 0.200. The quantitative estimate of drug-likeness (QED) is 0.803. The molecule has 0 aliphatic rings. The predicted molar refractivity (Wildman–Crippen MR) is 79.1 cm³/mol. The molecule has 2 aromatic heterocycles. The van der Waals surface area contributed by atoms with Gasteiger partial charge < -0.3 is 9.67 Å². The van der Waals surface area contributed by atoms with Gasteiger partial charge in [0.05, 0.1) is 6.54 Å². The molecule has 4 nitrogen and oxygen atoms in total. The van der Waals surface area contributed by atoms with E-state index in [-0.39, 0.29) is 5.75 Å². The first-order chi connectivity index (χ1) is 9.69. The Morgan fingerprint density at radius 1 is 1.30 bits per heavy atom. The molecule has 3 rings (SSSR count). The van der Waals surface area contributed by atoms with Gasteiger partial charge >= 0.3 is 0 Å². The minimum Gasteiger partial charge on any atom is -0.508 e. The Kier molecular flexibility index (Phi) is 3.32. The van der Waals surface area contributed by atoms with Crippen molar-refractivity contribution in [2.75, 3.05) is 0 Å². The van der Waals surface area contributed by atoms with E-state index in [0.29, 0.717) is 11.6 Å². The van der Waals surface area contributed by atoms with Crippen LogP contribution in [0.5, 0.6) is 5.75 Å². The monoisotopic (exact) mass is 287 g/mol. The van der Waals surface area contributed by atoms with Gasteiger partial charge in [-0.15, -0.1) is 0 Å². The normalized spacial score (nSPS) is 11.1. The van der Waals surface area contributed by atoms with Crippen molar-refractivity contribution in [1.29, 1.82) is 0 Å². The lowest BCUT2D eigenvalue weighted by atomic mass is 10.2. The lowest BCUT2D eigenvalue weighted by Gasteiger charge is -2.09. The summed E-state index contributed by atoms with van der Waals surface area (Å²) in [4.78, 5) is 8.98. The van der Waals surface area contributed by atoms with Crippen molar-refractivity contribution in [3.8, 4) is 5.75 Å². The third-order valence-corrected chi connectivity index (χ3v) is 3.62. The number of aromatic nitrogens is 3. The molecule has 5 heteroatoms. The molecule has 0 radical (unpaired) electrons. The number of aromatic hydroxyl groups is 1. The van der Waals surface area contributed by atoms with Gasteiger partial charge in [-0.05, 0) is 29.8 Å². The largest absolute Gasteiger partial charge is 0.508 e. The van der Waals surface area contributed by atoms with E-state index in [9.17, 15) is 5.11 Å². The number of hydrogen-bond donors (Lipinski definition) is 1. The molecular weight excluding hydrogens is 274 g/mol. The van der Waals surface area contributed by atoms with E-state index >= 15 is 0 Å². The van der Waals surface area contributed by atoms with Gasteiger partial charge in [-0.25, -0.2) is 9.97 Å². The zero-order valence-electron chi connectivity index (χ0n) is 11.0. The summed E-state index contributed by atoms with van der Waals surface area (Å²) >= 11 is 6.18. The second-order valence-electron chi connectivity index (χ2n) is 4.59. The van der Waals surface area contributed by atoms with Gasteiger partial charge in [0.15, 0.2) is 5.65 Å². The smallest absolute Gasteiger partial charge is 0.160 e. The van der Waals surface area contributed by atoms with E-state index in [4.69, 9.17) is 11.6 Å². The highest BCUT2D eigenvalue weighted by Crippen LogP contribution is 2.24. The number of pyridine rings is 1. The lowest BCUT2D eigenvalue weighted by Crippen LogP contribution is -2.05. The zero-order chi connectivity index (χ0) is 14.1. The number of benzene rings is 1. The molecule has 0 fully saturated rings. The Balaban J connectivity index is 2.09. The van der Waals surface area contributed by atoms with Gasteiger partial charge in [0.1, 0.15) is 17.1 Å². The fourth-order valence-electron chi connectivity index (χ4n) is 2.28. The molecule has 0 aliphatic carbocycles. The number of nitrogens with zero attached hydrogens (tertiary/aromatic N) is 3. The van der Waals surface area contributed by atoms with E-state index in [1.807, 2.05) is 18.2 Å². The van der Waals surface area contributed by atoms with Crippen molar-refractivity contribution in [1.82, 2.24) is 14.5 Å². The van der Waals surface area contributed by atoms with Crippen LogP contribution in [-0.2, 0) is 13.0 Å². The summed E-state index contributed by atoms with van der Waals surface area (Å²) in [6, 6.07) is 8.85. The number of imidazole rings is 1. The molecule has 2 heterocycles. The average Bonchev–Trinajstić information content (AvgIpc) is 2.80. The Morgan fingerprint density at radius 2 is 2.15 bits per heavy atom. The highest BCUT2D eigenvalue weighted by molar-refractivity contribution is 6.31. The van der Waals surface area contributed by atoms with Crippen LogP contribution in [0.2, 0.25) is 5.02 Å². The number of aryl methyl sites for hydroxylation is 1. The number of phenols is 1. The van der Waals surface area contributed by atoms with Gasteiger partial charge in [-0.1, -0.05) is 24.6 Å². The van der Waals surface area contributed by atoms with Crippen LogP contribution in [0.4, 0.5) is 0 Å². The molecule has 0 saturated heterocycles. The van der Waals surface area contributed by atoms with E-state index < -0.39 is 0 Å². The fourth-order valence-corrected chi connectivity index (χ4v) is 2.51. The molecule has 0 aliphatic heterocycles. The van der Waals surface area contributed by atoms with E-state index in [0.717, 1.165) is 29.0 Å². The zero-order valence-corrected chi connectivity index (χ0v) is 11.8. The summed E-state index contributed by atoms with van der Waals surface area (Å²) in [5.74, 6) is 1.14. The average molecular weight is 288 g/mol. The highest BCUT2D eigenvalue weighted by Gasteiger charge is 2.12. The number of fused-ring (bicyclic) bond motifs is 1. The Morgan fingerprint density at radius 3 is 2.90 bits per heavy atom. The SMILES string of the molecule is CCc1nc2cccnc2n1Cc1ccc(O)cc1Cl. The standard InChI is InChI=1S/C15H14ClN3O/c1-2-14-18-13-4-3-7-17-15(13)19(14)9-10-5-6-11(20)8-12(10)16/h3-8,20H,2,9H2,1H3. The Bertz CT molecular complexity index is 767. The van der Waals surface area contributed by atoms with Crippen LogP contribution in [0.1, 0.15) is 18.3 Å². The van der Waals surface area contributed by atoms with E-state index in [1.165, 1.54) is 0 Å². The molecule has 1 N–H and O–H groups in total. The third-order valence-electron chi connectivity index (χ3n) is 3.26. The maximum atomic E-state index is 9.42. The number of halogens is 1. The topological polar surface area (TPSA) is 50.9 Å². The third kappa shape index (κ3) is 2.23. The molecule has 0 bridgehead atoms. The second kappa shape index (κ2) is 5.13. The highest BCUT2D eigenvalue weighted by atomic mass is 35.5. The Hall–Kier alpha value is -2.07. The maximum Gasteiger partial charge on any atom is 0.160 e. The minimum atomic E-state index is 0.170. The molecule has 3 aromatic rings. The van der Waals surface area contributed by atoms with Crippen molar-refractivity contribution < 1.29 is 5.11 Å². The van der Waals surface area contributed by atoms with Crippen molar-refractivity contribution >= 4 is 22.8 Å². The number of hydrogen-bond acceptors (Lipinski definition) is 3. The molecule has 102 valence electrons. The Labute approximate surface area is 121 Å². The van der Waals surface area contributed by atoms with Gasteiger partial charge in [0.25, 0.3) is 0 Å². The van der Waals surface area contributed by atoms with Crippen LogP contribution < -0.4 is 0 Å². The summed E-state index contributed by atoms with van der Waals surface area (Å²) < 4.78 is 2.06. The van der Waals surface area contributed by atoms with Crippen molar-refractivity contribution in [2.24, 2.45) is 0 Å². The van der Waals surface area contributed by atoms with Crippen LogP contribution >= 0.6 is 11.6 Å². The van der Waals surface area contributed by atoms with Gasteiger partial charge in [0.2, 0.25) is 0 Å². The summed E-state index contributed by atoms with van der Waals surface area (Å²) in [6.07, 6.45) is 2.59. The van der Waals surface area contributed by atoms with E-state index in [1.54, 1.807) is 18.3 Å². The summed E-state index contributed by atoms with van der Waals surface area (Å²) in [6.45, 7) is 2.66. The van der Waals surface area contributed by atoms with Gasteiger partial charge in [-0.2, -0.15) is 0 Å². The van der Waals surface area contributed by atoms with Gasteiger partial charge in [-0.3, -0.25) is 0 Å². The first-order valence-electron chi connectivity index (χ1n) is 6.46. The minimum absolute atomic E-state index is 0.170. The second-order valence-corrected chi connectivity index (χ2v) is 5.00. The molecule has 20 heavy (non-hydrogen) atoms. The molecule has 0 amide bonds. The molecule has 0 atom stereocenters. The molecule has 0 saturated carbocycles. The first kappa shape index (κ1) is 12.9. The van der Waals surface area contributed by atoms with Crippen molar-refractivity contribution in [2.45, 2.75) is 19.9 Å². The van der Waals surface area contributed by atoms with E-state index in [2.05, 4.69) is 21.5 Å². The molecule has 1 aromatic carbocycles. The lowest BCUT2D eigenvalue weighted by molar-refractivity contribution is 0.475. The van der Waals surface area contributed by atoms with Crippen LogP contribution in [-0.4, -0.2) is 19.6 Å². The predicted octanol–water partition coefficient (Wildman–Crippen LogP) is 3.40. The van der Waals surface area contributed by atoms with Crippen LogP contribution in [0.15, 0.2) is 36.5 Å². The summed E-state index contributed by atoms with van der Waals surface area (Å²) in [5, 5.41) is 9.97.